The van der Waals surface area contributed by atoms with Crippen LogP contribution in [0.2, 0.25) is 0 Å². The fourth-order valence-corrected chi connectivity index (χ4v) is 4.03. The number of aromatic nitrogens is 1. The van der Waals surface area contributed by atoms with Gasteiger partial charge >= 0.3 is 0 Å². The van der Waals surface area contributed by atoms with Gasteiger partial charge in [0, 0.05) is 24.9 Å². The molecule has 1 atom stereocenters. The summed E-state index contributed by atoms with van der Waals surface area (Å²) in [5.41, 5.74) is 2.07. The molecule has 27 heavy (non-hydrogen) atoms. The van der Waals surface area contributed by atoms with E-state index in [-0.39, 0.29) is 11.9 Å². The van der Waals surface area contributed by atoms with E-state index in [1.807, 2.05) is 56.6 Å². The van der Waals surface area contributed by atoms with Crippen molar-refractivity contribution in [2.24, 2.45) is 0 Å². The third-order valence-corrected chi connectivity index (χ3v) is 5.61. The Labute approximate surface area is 164 Å². The van der Waals surface area contributed by atoms with Crippen LogP contribution in [0.15, 0.2) is 48.5 Å². The molecule has 1 aromatic heterocycles. The van der Waals surface area contributed by atoms with E-state index in [2.05, 4.69) is 21.3 Å². The molecule has 0 unspecified atom stereocenters. The van der Waals surface area contributed by atoms with E-state index in [0.29, 0.717) is 19.4 Å². The largest absolute Gasteiger partial charge is 0.496 e. The van der Waals surface area contributed by atoms with Crippen molar-refractivity contribution < 1.29 is 9.53 Å². The minimum Gasteiger partial charge on any atom is -0.496 e. The van der Waals surface area contributed by atoms with Crippen molar-refractivity contribution in [3.05, 3.63) is 59.1 Å². The molecule has 0 spiro atoms. The summed E-state index contributed by atoms with van der Waals surface area (Å²) in [6, 6.07) is 16.0. The first kappa shape index (κ1) is 19.3. The SMILES string of the molecule is COc1ccccc1[C@@H](CNC(=O)CCc1nc2ccccc2s1)N(C)C. The van der Waals surface area contributed by atoms with Gasteiger partial charge in [-0.25, -0.2) is 4.98 Å². The number of methoxy groups -OCH3 is 1. The molecule has 0 aliphatic heterocycles. The molecule has 142 valence electrons. The van der Waals surface area contributed by atoms with Crippen LogP contribution in [-0.2, 0) is 11.2 Å². The first-order valence-corrected chi connectivity index (χ1v) is 9.80. The molecule has 0 saturated carbocycles. The molecule has 0 fully saturated rings. The van der Waals surface area contributed by atoms with E-state index < -0.39 is 0 Å². The number of ether oxygens (including phenoxy) is 1. The Morgan fingerprint density at radius 3 is 2.67 bits per heavy atom. The number of hydrogen-bond acceptors (Lipinski definition) is 5. The lowest BCUT2D eigenvalue weighted by Crippen LogP contribution is -2.34. The lowest BCUT2D eigenvalue weighted by molar-refractivity contribution is -0.121. The van der Waals surface area contributed by atoms with Gasteiger partial charge in [0.05, 0.1) is 28.4 Å². The lowest BCUT2D eigenvalue weighted by atomic mass is 10.0. The first-order chi connectivity index (χ1) is 13.1. The fraction of sp³-hybridized carbons (Fsp3) is 0.333. The molecule has 3 aromatic rings. The highest BCUT2D eigenvalue weighted by atomic mass is 32.1. The molecule has 5 nitrogen and oxygen atoms in total. The van der Waals surface area contributed by atoms with Crippen molar-refractivity contribution in [1.29, 1.82) is 0 Å². The number of amides is 1. The predicted octanol–water partition coefficient (Wildman–Crippen LogP) is 3.66. The molecule has 0 aliphatic carbocycles. The number of nitrogens with zero attached hydrogens (tertiary/aromatic N) is 2. The minimum atomic E-state index is 0.0380. The summed E-state index contributed by atoms with van der Waals surface area (Å²) in [7, 11) is 5.68. The molecule has 1 N–H and O–H groups in total. The van der Waals surface area contributed by atoms with Gasteiger partial charge in [0.2, 0.25) is 5.91 Å². The number of likely N-dealkylation sites (N-methyl/N-ethyl adjacent to an activating group) is 1. The van der Waals surface area contributed by atoms with E-state index >= 15 is 0 Å². The molecule has 0 bridgehead atoms. The van der Waals surface area contributed by atoms with Gasteiger partial charge in [0.25, 0.3) is 0 Å². The van der Waals surface area contributed by atoms with Gasteiger partial charge in [0.1, 0.15) is 5.75 Å². The summed E-state index contributed by atoms with van der Waals surface area (Å²) >= 11 is 1.65. The third kappa shape index (κ3) is 4.84. The molecule has 6 heteroatoms. The molecular weight excluding hydrogens is 358 g/mol. The summed E-state index contributed by atoms with van der Waals surface area (Å²) < 4.78 is 6.63. The number of aryl methyl sites for hydroxylation is 1. The van der Waals surface area contributed by atoms with Crippen LogP contribution < -0.4 is 10.1 Å². The number of nitrogens with one attached hydrogen (secondary N) is 1. The zero-order chi connectivity index (χ0) is 19.2. The van der Waals surface area contributed by atoms with Crippen LogP contribution in [-0.4, -0.2) is 43.5 Å². The zero-order valence-electron chi connectivity index (χ0n) is 15.9. The maximum Gasteiger partial charge on any atom is 0.220 e. The number of hydrogen-bond donors (Lipinski definition) is 1. The quantitative estimate of drug-likeness (QED) is 0.645. The number of para-hydroxylation sites is 2. The molecular formula is C21H25N3O2S. The van der Waals surface area contributed by atoms with Gasteiger partial charge in [-0.1, -0.05) is 30.3 Å². The zero-order valence-corrected chi connectivity index (χ0v) is 16.8. The van der Waals surface area contributed by atoms with Crippen molar-refractivity contribution in [2.75, 3.05) is 27.7 Å². The summed E-state index contributed by atoms with van der Waals surface area (Å²) in [6.45, 7) is 0.534. The van der Waals surface area contributed by atoms with Crippen LogP contribution in [0.5, 0.6) is 5.75 Å². The van der Waals surface area contributed by atoms with Gasteiger partial charge in [0.15, 0.2) is 0 Å². The third-order valence-electron chi connectivity index (χ3n) is 4.52. The summed E-state index contributed by atoms with van der Waals surface area (Å²) in [5, 5.41) is 4.06. The maximum atomic E-state index is 12.4. The van der Waals surface area contributed by atoms with Gasteiger partial charge in [-0.05, 0) is 32.3 Å². The van der Waals surface area contributed by atoms with Gasteiger partial charge in [-0.15, -0.1) is 11.3 Å². The Balaban J connectivity index is 1.57. The molecule has 0 saturated heterocycles. The van der Waals surface area contributed by atoms with Gasteiger partial charge < -0.3 is 15.0 Å². The van der Waals surface area contributed by atoms with Crippen molar-refractivity contribution in [3.63, 3.8) is 0 Å². The highest BCUT2D eigenvalue weighted by Crippen LogP contribution is 2.27. The smallest absolute Gasteiger partial charge is 0.220 e. The highest BCUT2D eigenvalue weighted by Gasteiger charge is 2.19. The second-order valence-electron chi connectivity index (χ2n) is 6.60. The Hall–Kier alpha value is -2.44. The fourth-order valence-electron chi connectivity index (χ4n) is 3.06. The molecule has 0 radical (unpaired) electrons. The number of carbonyl (C=O) groups is 1. The number of rotatable bonds is 8. The second kappa shape index (κ2) is 8.97. The monoisotopic (exact) mass is 383 g/mol. The summed E-state index contributed by atoms with van der Waals surface area (Å²) in [6.07, 6.45) is 1.10. The van der Waals surface area contributed by atoms with Crippen LogP contribution >= 0.6 is 11.3 Å². The van der Waals surface area contributed by atoms with Crippen molar-refractivity contribution >= 4 is 27.5 Å². The average Bonchev–Trinajstić information content (AvgIpc) is 3.09. The standard InChI is InChI=1S/C21H25N3O2S/c1-24(2)17(15-8-4-6-10-18(15)26-3)14-22-20(25)12-13-21-23-16-9-5-7-11-19(16)27-21/h4-11,17H,12-14H2,1-3H3,(H,22,25)/t17-/m1/s1. The molecule has 1 heterocycles. The van der Waals surface area contributed by atoms with Crippen molar-refractivity contribution in [1.82, 2.24) is 15.2 Å². The van der Waals surface area contributed by atoms with Crippen LogP contribution in [0.3, 0.4) is 0 Å². The van der Waals surface area contributed by atoms with Crippen LogP contribution in [0.1, 0.15) is 23.0 Å². The number of benzene rings is 2. The molecule has 2 aromatic carbocycles. The van der Waals surface area contributed by atoms with Crippen molar-refractivity contribution in [3.8, 4) is 5.75 Å². The Kier molecular flexibility index (Phi) is 6.42. The Bertz CT molecular complexity index is 874. The number of carbonyl (C=O) groups excluding carboxylic acids is 1. The van der Waals surface area contributed by atoms with E-state index in [1.54, 1.807) is 18.4 Å². The molecule has 3 rings (SSSR count). The average molecular weight is 384 g/mol. The highest BCUT2D eigenvalue weighted by molar-refractivity contribution is 7.18. The first-order valence-electron chi connectivity index (χ1n) is 8.99. The van der Waals surface area contributed by atoms with E-state index in [0.717, 1.165) is 26.5 Å². The normalized spacial score (nSPS) is 12.3. The maximum absolute atomic E-state index is 12.4. The van der Waals surface area contributed by atoms with E-state index in [9.17, 15) is 4.79 Å². The van der Waals surface area contributed by atoms with E-state index in [4.69, 9.17) is 4.74 Å². The Morgan fingerprint density at radius 1 is 1.19 bits per heavy atom. The topological polar surface area (TPSA) is 54.5 Å². The summed E-state index contributed by atoms with van der Waals surface area (Å²) in [5.74, 6) is 0.871. The Morgan fingerprint density at radius 2 is 1.93 bits per heavy atom. The number of thiazole rings is 1. The molecule has 0 aliphatic rings. The number of fused-ring (bicyclic) bond motifs is 1. The lowest BCUT2D eigenvalue weighted by Gasteiger charge is -2.26. The minimum absolute atomic E-state index is 0.0380. The van der Waals surface area contributed by atoms with Gasteiger partial charge in [-0.2, -0.15) is 0 Å². The second-order valence-corrected chi connectivity index (χ2v) is 7.72. The van der Waals surface area contributed by atoms with Crippen LogP contribution in [0, 0.1) is 0 Å². The molecule has 1 amide bonds. The van der Waals surface area contributed by atoms with Crippen LogP contribution in [0.4, 0.5) is 0 Å². The van der Waals surface area contributed by atoms with Gasteiger partial charge in [-0.3, -0.25) is 4.79 Å². The predicted molar refractivity (Wildman–Crippen MR) is 110 cm³/mol. The van der Waals surface area contributed by atoms with E-state index in [1.165, 1.54) is 0 Å². The summed E-state index contributed by atoms with van der Waals surface area (Å²) in [4.78, 5) is 19.0. The van der Waals surface area contributed by atoms with Crippen LogP contribution in [0.25, 0.3) is 10.2 Å². The van der Waals surface area contributed by atoms with Crippen molar-refractivity contribution in [2.45, 2.75) is 18.9 Å².